The number of fused-ring (bicyclic) bond motifs is 9. The van der Waals surface area contributed by atoms with Gasteiger partial charge in [0.25, 0.3) is 0 Å². The highest BCUT2D eigenvalue weighted by Gasteiger charge is 2.42. The number of nitrogens with zero attached hydrogens (tertiary/aromatic N) is 2. The molecule has 0 unspecified atom stereocenters. The first-order valence-electron chi connectivity index (χ1n) is 19.3. The predicted octanol–water partition coefficient (Wildman–Crippen LogP) is 14.5. The van der Waals surface area contributed by atoms with Crippen LogP contribution >= 0.6 is 0 Å². The Labute approximate surface area is 322 Å². The van der Waals surface area contributed by atoms with Crippen LogP contribution in [0.3, 0.4) is 0 Å². The van der Waals surface area contributed by atoms with Gasteiger partial charge in [-0.2, -0.15) is 0 Å². The van der Waals surface area contributed by atoms with Gasteiger partial charge in [-0.3, -0.25) is 0 Å². The van der Waals surface area contributed by atoms with E-state index in [4.69, 9.17) is 4.74 Å². The zero-order chi connectivity index (χ0) is 37.1. The summed E-state index contributed by atoms with van der Waals surface area (Å²) in [5.74, 6) is 1.78. The minimum absolute atomic E-state index is 0.0796. The van der Waals surface area contributed by atoms with Crippen LogP contribution in [-0.4, -0.2) is 0 Å². The van der Waals surface area contributed by atoms with Crippen LogP contribution < -0.4 is 14.5 Å². The zero-order valence-electron chi connectivity index (χ0n) is 31.5. The number of benzene rings is 8. The van der Waals surface area contributed by atoms with Gasteiger partial charge in [-0.25, -0.2) is 0 Å². The lowest BCUT2D eigenvalue weighted by molar-refractivity contribution is 0.472. The van der Waals surface area contributed by atoms with E-state index < -0.39 is 0 Å². The highest BCUT2D eigenvalue weighted by atomic mass is 16.5. The van der Waals surface area contributed by atoms with Crippen LogP contribution in [0.1, 0.15) is 49.9 Å². The SMILES string of the molecule is CC1(C)c2ccccc2-c2ccc(N(c3ccccc3)c3ccc(-c4ccc5c(c4)N4c6c(cccc6C5(C)C)Oc5ccc6ccccc6c54)cc3)cc21. The largest absolute Gasteiger partial charge is 0.453 e. The van der Waals surface area contributed by atoms with E-state index in [1.54, 1.807) is 0 Å². The molecule has 2 aliphatic heterocycles. The first-order valence-corrected chi connectivity index (χ1v) is 19.3. The third-order valence-electron chi connectivity index (χ3n) is 12.4. The van der Waals surface area contributed by atoms with Crippen LogP contribution in [0.15, 0.2) is 170 Å². The summed E-state index contributed by atoms with van der Waals surface area (Å²) >= 11 is 0. The zero-order valence-corrected chi connectivity index (χ0v) is 31.5. The Bertz CT molecular complexity index is 2850. The van der Waals surface area contributed by atoms with Gasteiger partial charge < -0.3 is 14.5 Å². The first-order chi connectivity index (χ1) is 26.8. The molecule has 3 aliphatic rings. The van der Waals surface area contributed by atoms with E-state index in [0.29, 0.717) is 0 Å². The third kappa shape index (κ3) is 4.56. The van der Waals surface area contributed by atoms with Crippen LogP contribution in [0.5, 0.6) is 11.5 Å². The van der Waals surface area contributed by atoms with Crippen LogP contribution in [0.4, 0.5) is 34.1 Å². The molecule has 264 valence electrons. The fourth-order valence-corrected chi connectivity index (χ4v) is 9.59. The molecule has 0 fully saturated rings. The Hall–Kier alpha value is -6.58. The Balaban J connectivity index is 1.03. The summed E-state index contributed by atoms with van der Waals surface area (Å²) in [4.78, 5) is 4.85. The number of para-hydroxylation sites is 2. The van der Waals surface area contributed by atoms with Gasteiger partial charge in [-0.15, -0.1) is 0 Å². The fraction of sp³-hybridized carbons (Fsp3) is 0.115. The summed E-state index contributed by atoms with van der Waals surface area (Å²) in [6, 6.07) is 62.1. The summed E-state index contributed by atoms with van der Waals surface area (Å²) < 4.78 is 6.67. The van der Waals surface area contributed by atoms with Crippen molar-refractivity contribution in [3.63, 3.8) is 0 Å². The molecule has 55 heavy (non-hydrogen) atoms. The predicted molar refractivity (Wildman–Crippen MR) is 229 cm³/mol. The standard InChI is InChI=1S/C52H40N2O/c1-51(2)42-18-11-10-17-40(42)41-28-27-38(32-45(41)51)53(36-14-6-5-7-15-36)37-25-21-33(22-26-37)35-23-29-43-46(31-35)54-49-39-16-9-8-13-34(39)24-30-48(49)55-47-20-12-19-44(50(47)54)52(43,3)4/h5-32H,1-4H3. The van der Waals surface area contributed by atoms with Crippen LogP contribution in [0.25, 0.3) is 33.0 Å². The summed E-state index contributed by atoms with van der Waals surface area (Å²) in [6.45, 7) is 9.37. The van der Waals surface area contributed by atoms with E-state index in [1.807, 2.05) is 0 Å². The highest BCUT2D eigenvalue weighted by molar-refractivity contribution is 6.06. The van der Waals surface area contributed by atoms with Gasteiger partial charge in [0.05, 0.1) is 17.1 Å². The summed E-state index contributed by atoms with van der Waals surface area (Å²) in [5.41, 5.74) is 16.9. The van der Waals surface area contributed by atoms with Crippen molar-refractivity contribution in [1.82, 2.24) is 0 Å². The minimum atomic E-state index is -0.215. The van der Waals surface area contributed by atoms with E-state index in [-0.39, 0.29) is 10.8 Å². The minimum Gasteiger partial charge on any atom is -0.453 e. The van der Waals surface area contributed by atoms with Crippen LogP contribution in [0.2, 0.25) is 0 Å². The third-order valence-corrected chi connectivity index (χ3v) is 12.4. The maximum Gasteiger partial charge on any atom is 0.152 e. The molecule has 2 heterocycles. The van der Waals surface area contributed by atoms with E-state index in [9.17, 15) is 0 Å². The molecule has 11 rings (SSSR count). The van der Waals surface area contributed by atoms with Crippen molar-refractivity contribution in [2.75, 3.05) is 9.80 Å². The second kappa shape index (κ2) is 11.5. The molecule has 3 nitrogen and oxygen atoms in total. The normalized spacial score (nSPS) is 14.9. The average Bonchev–Trinajstić information content (AvgIpc) is 3.45. The van der Waals surface area contributed by atoms with Gasteiger partial charge in [-0.1, -0.05) is 143 Å². The van der Waals surface area contributed by atoms with Gasteiger partial charge in [0, 0.05) is 33.3 Å². The average molecular weight is 709 g/mol. The van der Waals surface area contributed by atoms with Crippen LogP contribution in [0, 0.1) is 0 Å². The Morgan fingerprint density at radius 1 is 0.436 bits per heavy atom. The van der Waals surface area contributed by atoms with Crippen molar-refractivity contribution in [1.29, 1.82) is 0 Å². The molecule has 3 heteroatoms. The second-order valence-corrected chi connectivity index (χ2v) is 16.2. The maximum absolute atomic E-state index is 6.67. The van der Waals surface area contributed by atoms with Crippen molar-refractivity contribution in [3.05, 3.63) is 192 Å². The molecule has 0 saturated carbocycles. The Morgan fingerprint density at radius 3 is 1.95 bits per heavy atom. The van der Waals surface area contributed by atoms with Crippen molar-refractivity contribution in [2.45, 2.75) is 38.5 Å². The highest BCUT2D eigenvalue weighted by Crippen LogP contribution is 2.61. The summed E-state index contributed by atoms with van der Waals surface area (Å²) in [7, 11) is 0. The lowest BCUT2D eigenvalue weighted by Crippen LogP contribution is -2.32. The monoisotopic (exact) mass is 708 g/mol. The second-order valence-electron chi connectivity index (χ2n) is 16.2. The molecule has 0 bridgehead atoms. The smallest absolute Gasteiger partial charge is 0.152 e. The molecule has 8 aromatic carbocycles. The van der Waals surface area contributed by atoms with E-state index >= 15 is 0 Å². The van der Waals surface area contributed by atoms with Gasteiger partial charge in [0.2, 0.25) is 0 Å². The molecule has 0 aromatic heterocycles. The van der Waals surface area contributed by atoms with Gasteiger partial charge >= 0.3 is 0 Å². The first kappa shape index (κ1) is 31.9. The molecule has 8 aromatic rings. The van der Waals surface area contributed by atoms with Gasteiger partial charge in [0.15, 0.2) is 11.5 Å². The number of ether oxygens (including phenoxy) is 1. The van der Waals surface area contributed by atoms with Crippen molar-refractivity contribution >= 4 is 44.9 Å². The lowest BCUT2D eigenvalue weighted by Gasteiger charge is -2.45. The number of rotatable bonds is 4. The van der Waals surface area contributed by atoms with Crippen molar-refractivity contribution < 1.29 is 4.74 Å². The summed E-state index contributed by atoms with van der Waals surface area (Å²) in [5, 5.41) is 2.38. The number of hydrogen-bond donors (Lipinski definition) is 0. The molecule has 0 atom stereocenters. The molecule has 0 spiro atoms. The summed E-state index contributed by atoms with van der Waals surface area (Å²) in [6.07, 6.45) is 0. The number of anilines is 6. The molecular weight excluding hydrogens is 669 g/mol. The molecule has 0 N–H and O–H groups in total. The fourth-order valence-electron chi connectivity index (χ4n) is 9.59. The Kier molecular flexibility index (Phi) is 6.65. The molecular formula is C52H40N2O. The molecule has 0 amide bonds. The molecule has 1 aliphatic carbocycles. The van der Waals surface area contributed by atoms with Gasteiger partial charge in [0.1, 0.15) is 0 Å². The van der Waals surface area contributed by atoms with Gasteiger partial charge in [-0.05, 0) is 104 Å². The van der Waals surface area contributed by atoms with E-state index in [2.05, 4.69) is 207 Å². The van der Waals surface area contributed by atoms with Crippen molar-refractivity contribution in [2.24, 2.45) is 0 Å². The van der Waals surface area contributed by atoms with E-state index in [0.717, 1.165) is 39.9 Å². The van der Waals surface area contributed by atoms with E-state index in [1.165, 1.54) is 61.0 Å². The topological polar surface area (TPSA) is 15.7 Å². The quantitative estimate of drug-likeness (QED) is 0.181. The molecule has 0 radical (unpaired) electrons. The lowest BCUT2D eigenvalue weighted by atomic mass is 9.72. The number of hydrogen-bond acceptors (Lipinski definition) is 3. The maximum atomic E-state index is 6.67. The Morgan fingerprint density at radius 2 is 1.09 bits per heavy atom. The molecule has 0 saturated heterocycles. The van der Waals surface area contributed by atoms with Crippen LogP contribution in [-0.2, 0) is 10.8 Å². The van der Waals surface area contributed by atoms with Crippen molar-refractivity contribution in [3.8, 4) is 33.8 Å².